The van der Waals surface area contributed by atoms with Gasteiger partial charge < -0.3 is 14.5 Å². The lowest BCUT2D eigenvalue weighted by molar-refractivity contribution is -0.145. The lowest BCUT2D eigenvalue weighted by Gasteiger charge is -2.19. The van der Waals surface area contributed by atoms with Gasteiger partial charge in [0, 0.05) is 12.4 Å². The summed E-state index contributed by atoms with van der Waals surface area (Å²) in [7, 11) is 0. The topological polar surface area (TPSA) is 72.7 Å². The fourth-order valence-corrected chi connectivity index (χ4v) is 3.69. The number of amides is 1. The van der Waals surface area contributed by atoms with E-state index in [0.717, 1.165) is 16.8 Å². The molecule has 2 heterocycles. The van der Waals surface area contributed by atoms with Gasteiger partial charge in [0.25, 0.3) is 5.91 Å². The molecule has 1 atom stereocenters. The molecule has 7 heteroatoms. The van der Waals surface area contributed by atoms with Crippen molar-refractivity contribution in [1.29, 1.82) is 0 Å². The molecule has 2 aromatic heterocycles. The Morgan fingerprint density at radius 1 is 1.06 bits per heavy atom. The third kappa shape index (κ3) is 4.98. The number of ether oxygens (including phenoxy) is 1. The molecule has 162 valence electrons. The van der Waals surface area contributed by atoms with Gasteiger partial charge >= 0.3 is 5.97 Å². The summed E-state index contributed by atoms with van der Waals surface area (Å²) in [5, 5.41) is 3.25. The smallest absolute Gasteiger partial charge is 0.308 e. The Labute approximate surface area is 190 Å². The summed E-state index contributed by atoms with van der Waals surface area (Å²) < 4.78 is 7.37. The largest absolute Gasteiger partial charge is 0.459 e. The number of benzene rings is 2. The number of nitrogens with one attached hydrogen (secondary N) is 1. The average molecular weight is 448 g/mol. The van der Waals surface area contributed by atoms with Gasteiger partial charge in [-0.3, -0.25) is 9.59 Å². The van der Waals surface area contributed by atoms with Crippen LogP contribution in [0.3, 0.4) is 0 Å². The molecule has 0 fully saturated rings. The van der Waals surface area contributed by atoms with E-state index >= 15 is 0 Å². The van der Waals surface area contributed by atoms with E-state index in [1.807, 2.05) is 66.2 Å². The van der Waals surface area contributed by atoms with Gasteiger partial charge in [-0.05, 0) is 36.2 Å². The van der Waals surface area contributed by atoms with Gasteiger partial charge in [-0.25, -0.2) is 4.98 Å². The number of aryl methyl sites for hydroxylation is 1. The summed E-state index contributed by atoms with van der Waals surface area (Å²) in [6, 6.07) is 19.4. The molecule has 0 radical (unpaired) electrons. The van der Waals surface area contributed by atoms with Crippen LogP contribution in [0, 0.1) is 6.92 Å². The van der Waals surface area contributed by atoms with E-state index in [2.05, 4.69) is 10.3 Å². The molecule has 0 saturated carbocycles. The molecule has 2 aromatic carbocycles. The number of fused-ring (bicyclic) bond motifs is 1. The van der Waals surface area contributed by atoms with Gasteiger partial charge in [0.1, 0.15) is 12.3 Å². The number of hydrogen-bond acceptors (Lipinski definition) is 4. The van der Waals surface area contributed by atoms with Crippen LogP contribution >= 0.6 is 11.6 Å². The van der Waals surface area contributed by atoms with Crippen molar-refractivity contribution in [2.75, 3.05) is 0 Å². The highest BCUT2D eigenvalue weighted by atomic mass is 35.5. The summed E-state index contributed by atoms with van der Waals surface area (Å²) in [5.74, 6) is -0.792. The maximum absolute atomic E-state index is 12.8. The van der Waals surface area contributed by atoms with Crippen LogP contribution in [0.25, 0.3) is 5.65 Å². The molecule has 4 rings (SSSR count). The van der Waals surface area contributed by atoms with Gasteiger partial charge in [0.2, 0.25) is 0 Å². The summed E-state index contributed by atoms with van der Waals surface area (Å²) in [6.45, 7) is 2.03. The van der Waals surface area contributed by atoms with Crippen LogP contribution in [0.5, 0.6) is 0 Å². The molecule has 32 heavy (non-hydrogen) atoms. The van der Waals surface area contributed by atoms with Gasteiger partial charge in [-0.1, -0.05) is 60.1 Å². The lowest BCUT2D eigenvalue weighted by Crippen LogP contribution is -2.30. The number of carbonyl (C=O) groups is 2. The third-order valence-corrected chi connectivity index (χ3v) is 5.43. The number of aromatic nitrogens is 2. The molecule has 4 aromatic rings. The van der Waals surface area contributed by atoms with Crippen LogP contribution in [0.15, 0.2) is 79.1 Å². The highest BCUT2D eigenvalue weighted by molar-refractivity contribution is 6.33. The average Bonchev–Trinajstić information content (AvgIpc) is 3.23. The SMILES string of the molecule is Cc1cccn2cc(COC(=O)CC(NC(=O)c3ccccc3Cl)c3ccccc3)nc12. The Bertz CT molecular complexity index is 1250. The summed E-state index contributed by atoms with van der Waals surface area (Å²) in [6.07, 6.45) is 3.71. The first-order valence-corrected chi connectivity index (χ1v) is 10.6. The fraction of sp³-hybridized carbons (Fsp3) is 0.160. The first-order valence-electron chi connectivity index (χ1n) is 10.2. The highest BCUT2D eigenvalue weighted by Crippen LogP contribution is 2.21. The van der Waals surface area contributed by atoms with Crippen molar-refractivity contribution < 1.29 is 14.3 Å². The minimum absolute atomic E-state index is 0.0212. The van der Waals surface area contributed by atoms with Crippen molar-refractivity contribution in [2.24, 2.45) is 0 Å². The first kappa shape index (κ1) is 21.6. The van der Waals surface area contributed by atoms with E-state index in [-0.39, 0.29) is 18.9 Å². The summed E-state index contributed by atoms with van der Waals surface area (Å²) >= 11 is 6.16. The van der Waals surface area contributed by atoms with Crippen molar-refractivity contribution in [3.63, 3.8) is 0 Å². The van der Waals surface area contributed by atoms with E-state index in [4.69, 9.17) is 16.3 Å². The summed E-state index contributed by atoms with van der Waals surface area (Å²) in [4.78, 5) is 29.9. The Kier molecular flexibility index (Phi) is 6.52. The zero-order valence-corrected chi connectivity index (χ0v) is 18.3. The number of halogens is 1. The van der Waals surface area contributed by atoms with Crippen molar-refractivity contribution in [1.82, 2.24) is 14.7 Å². The Morgan fingerprint density at radius 2 is 1.81 bits per heavy atom. The minimum atomic E-state index is -0.559. The monoisotopic (exact) mass is 447 g/mol. The van der Waals surface area contributed by atoms with Gasteiger partial charge in [-0.2, -0.15) is 0 Å². The Balaban J connectivity index is 1.45. The van der Waals surface area contributed by atoms with Crippen LogP contribution in [-0.4, -0.2) is 21.3 Å². The molecule has 0 spiro atoms. The molecule has 1 amide bonds. The third-order valence-electron chi connectivity index (χ3n) is 5.11. The molecule has 0 saturated heterocycles. The number of rotatable bonds is 7. The zero-order valence-electron chi connectivity index (χ0n) is 17.5. The molecule has 0 aliphatic carbocycles. The number of imidazole rings is 1. The van der Waals surface area contributed by atoms with E-state index < -0.39 is 12.0 Å². The van der Waals surface area contributed by atoms with Crippen LogP contribution < -0.4 is 5.32 Å². The second-order valence-electron chi connectivity index (χ2n) is 7.44. The standard InChI is InChI=1S/C25H22ClN3O3/c1-17-8-7-13-29-15-19(27-24(17)29)16-32-23(30)14-22(18-9-3-2-4-10-18)28-25(31)20-11-5-6-12-21(20)26/h2-13,15,22H,14,16H2,1H3,(H,28,31). The predicted octanol–water partition coefficient (Wildman–Crippen LogP) is 4.90. The molecular formula is C25H22ClN3O3. The highest BCUT2D eigenvalue weighted by Gasteiger charge is 2.21. The number of carbonyl (C=O) groups excluding carboxylic acids is 2. The van der Waals surface area contributed by atoms with E-state index in [0.29, 0.717) is 16.3 Å². The summed E-state index contributed by atoms with van der Waals surface area (Å²) in [5.41, 5.74) is 3.67. The molecule has 0 aliphatic heterocycles. The van der Waals surface area contributed by atoms with Crippen LogP contribution in [0.4, 0.5) is 0 Å². The van der Waals surface area contributed by atoms with E-state index in [1.165, 1.54) is 0 Å². The van der Waals surface area contributed by atoms with Crippen molar-refractivity contribution >= 4 is 29.1 Å². The second kappa shape index (κ2) is 9.66. The van der Waals surface area contributed by atoms with Crippen molar-refractivity contribution in [2.45, 2.75) is 26.0 Å². The van der Waals surface area contributed by atoms with Crippen molar-refractivity contribution in [3.05, 3.63) is 107 Å². The Morgan fingerprint density at radius 3 is 2.56 bits per heavy atom. The molecule has 1 unspecified atom stereocenters. The number of nitrogens with zero attached hydrogens (tertiary/aromatic N) is 2. The fourth-order valence-electron chi connectivity index (χ4n) is 3.47. The van der Waals surface area contributed by atoms with Crippen molar-refractivity contribution in [3.8, 4) is 0 Å². The molecular weight excluding hydrogens is 426 g/mol. The molecule has 0 aliphatic rings. The number of esters is 1. The second-order valence-corrected chi connectivity index (χ2v) is 7.84. The van der Waals surface area contributed by atoms with Gasteiger partial charge in [0.15, 0.2) is 0 Å². The van der Waals surface area contributed by atoms with Crippen LogP contribution in [-0.2, 0) is 16.1 Å². The Hall–Kier alpha value is -3.64. The number of pyridine rings is 1. The molecule has 1 N–H and O–H groups in total. The van der Waals surface area contributed by atoms with Crippen LogP contribution in [0.2, 0.25) is 5.02 Å². The normalized spacial score (nSPS) is 11.8. The molecule has 6 nitrogen and oxygen atoms in total. The quantitative estimate of drug-likeness (QED) is 0.409. The minimum Gasteiger partial charge on any atom is -0.459 e. The molecule has 0 bridgehead atoms. The lowest BCUT2D eigenvalue weighted by atomic mass is 10.0. The first-order chi connectivity index (χ1) is 15.5. The maximum Gasteiger partial charge on any atom is 0.308 e. The van der Waals surface area contributed by atoms with E-state index in [9.17, 15) is 9.59 Å². The van der Waals surface area contributed by atoms with Gasteiger partial charge in [0.05, 0.1) is 28.7 Å². The zero-order chi connectivity index (χ0) is 22.5. The van der Waals surface area contributed by atoms with E-state index in [1.54, 1.807) is 24.3 Å². The van der Waals surface area contributed by atoms with Crippen LogP contribution in [0.1, 0.15) is 39.6 Å². The maximum atomic E-state index is 12.8. The van der Waals surface area contributed by atoms with Gasteiger partial charge in [-0.15, -0.1) is 0 Å². The predicted molar refractivity (Wildman–Crippen MR) is 122 cm³/mol. The number of hydrogen-bond donors (Lipinski definition) is 1.